The SMILES string of the molecule is CC(=O)O[C@@]12CO[C@@H]1C[C@H](O)[C@]1(C)[C@@H]2[C@H](OC(=O)c2ccccc2)[C@]2(O)C[C@H](OC(=O)C(O)[C@H](CC(C)C)NC(=O)OC(C)(C)C)C(C)=C([C@H](O)[C@@H]1O)C2(C)C. The number of aliphatic hydroxyl groups is 5. The van der Waals surface area contributed by atoms with Crippen LogP contribution in [0.1, 0.15) is 98.9 Å². The Morgan fingerprint density at radius 1 is 1.02 bits per heavy atom. The topological polar surface area (TPSA) is 228 Å². The molecule has 56 heavy (non-hydrogen) atoms. The number of alkyl carbamates (subject to hydrolysis) is 1. The third kappa shape index (κ3) is 7.46. The highest BCUT2D eigenvalue weighted by Crippen LogP contribution is 2.65. The predicted octanol–water partition coefficient (Wildman–Crippen LogP) is 2.72. The molecule has 1 saturated heterocycles. The number of hydrogen-bond acceptors (Lipinski definition) is 14. The van der Waals surface area contributed by atoms with Gasteiger partial charge in [-0.25, -0.2) is 14.4 Å². The molecule has 1 aliphatic heterocycles. The number of hydrogen-bond donors (Lipinski definition) is 6. The number of amides is 1. The van der Waals surface area contributed by atoms with Gasteiger partial charge in [-0.3, -0.25) is 4.79 Å². The highest BCUT2D eigenvalue weighted by molar-refractivity contribution is 5.89. The minimum atomic E-state index is -2.29. The Hall–Kier alpha value is -3.60. The Balaban J connectivity index is 1.66. The van der Waals surface area contributed by atoms with E-state index in [1.807, 2.05) is 13.8 Å². The molecule has 4 aliphatic rings. The highest BCUT2D eigenvalue weighted by atomic mass is 16.6. The first-order valence-electron chi connectivity index (χ1n) is 19.2. The molecule has 15 nitrogen and oxygen atoms in total. The van der Waals surface area contributed by atoms with E-state index < -0.39 is 113 Å². The Labute approximate surface area is 327 Å². The van der Waals surface area contributed by atoms with Gasteiger partial charge < -0.3 is 54.5 Å². The lowest BCUT2D eigenvalue weighted by Gasteiger charge is -2.69. The summed E-state index contributed by atoms with van der Waals surface area (Å²) in [5.41, 5.74) is -7.75. The van der Waals surface area contributed by atoms with Gasteiger partial charge in [-0.2, -0.15) is 0 Å². The lowest BCUT2D eigenvalue weighted by atomic mass is 9.44. The number of esters is 3. The lowest BCUT2D eigenvalue weighted by molar-refractivity contribution is -0.365. The number of benzene rings is 1. The van der Waals surface area contributed by atoms with Gasteiger partial charge in [0.15, 0.2) is 11.7 Å². The van der Waals surface area contributed by atoms with Crippen molar-refractivity contribution in [2.24, 2.45) is 22.7 Å². The second kappa shape index (κ2) is 15.3. The van der Waals surface area contributed by atoms with E-state index >= 15 is 0 Å². The van der Waals surface area contributed by atoms with Crippen molar-refractivity contribution >= 4 is 24.0 Å². The largest absolute Gasteiger partial charge is 0.456 e. The van der Waals surface area contributed by atoms with Crippen LogP contribution in [0.2, 0.25) is 0 Å². The summed E-state index contributed by atoms with van der Waals surface area (Å²) in [6, 6.07) is 6.81. The maximum Gasteiger partial charge on any atom is 0.407 e. The van der Waals surface area contributed by atoms with Crippen molar-refractivity contribution in [2.45, 2.75) is 154 Å². The van der Waals surface area contributed by atoms with E-state index in [0.29, 0.717) is 0 Å². The number of fused-ring (bicyclic) bond motifs is 5. The smallest absolute Gasteiger partial charge is 0.407 e. The molecule has 0 aromatic heterocycles. The first-order chi connectivity index (χ1) is 25.8. The normalized spacial score (nSPS) is 36.0. The molecular formula is C41H59NO14. The first-order valence-corrected chi connectivity index (χ1v) is 19.2. The first kappa shape index (κ1) is 43.5. The van der Waals surface area contributed by atoms with Crippen LogP contribution in [0.4, 0.5) is 4.79 Å². The molecule has 1 unspecified atom stereocenters. The molecule has 1 amide bonds. The zero-order valence-corrected chi connectivity index (χ0v) is 33.9. The van der Waals surface area contributed by atoms with E-state index in [4.69, 9.17) is 23.7 Å². The van der Waals surface area contributed by atoms with Crippen LogP contribution in [0.3, 0.4) is 0 Å². The number of carbonyl (C=O) groups is 4. The van der Waals surface area contributed by atoms with Crippen molar-refractivity contribution in [3.05, 3.63) is 47.0 Å². The molecule has 15 heteroatoms. The Morgan fingerprint density at radius 3 is 2.18 bits per heavy atom. The highest BCUT2D eigenvalue weighted by Gasteiger charge is 2.77. The molecular weight excluding hydrogens is 730 g/mol. The molecule has 1 aromatic rings. The molecule has 0 spiro atoms. The van der Waals surface area contributed by atoms with Crippen molar-refractivity contribution in [1.82, 2.24) is 5.32 Å². The van der Waals surface area contributed by atoms with Gasteiger partial charge in [-0.05, 0) is 63.3 Å². The standard InChI is InChI=1S/C41H59NO14/c1-20(2)16-24(42-36(50)56-37(5,6)7)29(45)35(49)53-25-18-41(51)33(54-34(48)23-14-12-11-13-15-23)31-39(10,32(47)30(46)28(21(25)3)38(41,8)9)26(44)17-27-40(31,19-52-27)55-22(4)43/h11-15,20,24-27,29-33,44-47,51H,16-19H2,1-10H3,(H,42,50)/t24-,25-,26-,27+,29?,30-,31-,32-,33-,39+,40-,41+/m0/s1. The average molecular weight is 790 g/mol. The second-order valence-electron chi connectivity index (χ2n) is 18.1. The second-order valence-corrected chi connectivity index (χ2v) is 18.1. The number of carbonyl (C=O) groups excluding carboxylic acids is 4. The lowest BCUT2D eigenvalue weighted by Crippen LogP contribution is -2.82. The predicted molar refractivity (Wildman–Crippen MR) is 199 cm³/mol. The number of rotatable bonds is 9. The van der Waals surface area contributed by atoms with Gasteiger partial charge in [0, 0.05) is 30.6 Å². The molecule has 2 bridgehead atoms. The summed E-state index contributed by atoms with van der Waals surface area (Å²) >= 11 is 0. The summed E-state index contributed by atoms with van der Waals surface area (Å²) < 4.78 is 29.5. The molecule has 12 atom stereocenters. The fourth-order valence-corrected chi connectivity index (χ4v) is 9.60. The molecule has 6 N–H and O–H groups in total. The molecule has 3 fully saturated rings. The van der Waals surface area contributed by atoms with E-state index in [1.54, 1.807) is 59.7 Å². The van der Waals surface area contributed by atoms with Gasteiger partial charge in [0.25, 0.3) is 0 Å². The summed E-state index contributed by atoms with van der Waals surface area (Å²) in [4.78, 5) is 53.6. The molecule has 2 saturated carbocycles. The van der Waals surface area contributed by atoms with Gasteiger partial charge in [-0.15, -0.1) is 0 Å². The van der Waals surface area contributed by atoms with Gasteiger partial charge >= 0.3 is 24.0 Å². The van der Waals surface area contributed by atoms with Crippen molar-refractivity contribution in [2.75, 3.05) is 6.61 Å². The Morgan fingerprint density at radius 2 is 1.64 bits per heavy atom. The number of ether oxygens (including phenoxy) is 5. The van der Waals surface area contributed by atoms with Gasteiger partial charge in [0.1, 0.15) is 35.6 Å². The minimum absolute atomic E-state index is 0.0535. The number of nitrogens with one attached hydrogen (secondary N) is 1. The zero-order valence-electron chi connectivity index (χ0n) is 33.9. The van der Waals surface area contributed by atoms with Crippen LogP contribution in [-0.2, 0) is 33.3 Å². The van der Waals surface area contributed by atoms with Crippen molar-refractivity contribution in [3.8, 4) is 0 Å². The van der Waals surface area contributed by atoms with Crippen LogP contribution in [0.15, 0.2) is 41.5 Å². The van der Waals surface area contributed by atoms with Crippen molar-refractivity contribution in [3.63, 3.8) is 0 Å². The monoisotopic (exact) mass is 789 g/mol. The molecule has 5 rings (SSSR count). The molecule has 312 valence electrons. The van der Waals surface area contributed by atoms with Crippen LogP contribution < -0.4 is 5.32 Å². The summed E-state index contributed by atoms with van der Waals surface area (Å²) in [5.74, 6) is -4.27. The quantitative estimate of drug-likeness (QED) is 0.120. The fourth-order valence-electron chi connectivity index (χ4n) is 9.60. The van der Waals surface area contributed by atoms with E-state index in [-0.39, 0.29) is 42.1 Å². The van der Waals surface area contributed by atoms with E-state index in [9.17, 15) is 44.7 Å². The summed E-state index contributed by atoms with van der Waals surface area (Å²) in [6.45, 7) is 15.9. The van der Waals surface area contributed by atoms with Gasteiger partial charge in [-0.1, -0.05) is 52.8 Å². The van der Waals surface area contributed by atoms with Crippen molar-refractivity contribution in [1.29, 1.82) is 0 Å². The third-order valence-corrected chi connectivity index (χ3v) is 12.5. The fraction of sp³-hybridized carbons (Fsp3) is 0.707. The maximum atomic E-state index is 14.1. The molecule has 1 aromatic carbocycles. The van der Waals surface area contributed by atoms with Crippen LogP contribution in [0.5, 0.6) is 0 Å². The maximum absolute atomic E-state index is 14.1. The molecule has 3 aliphatic carbocycles. The van der Waals surface area contributed by atoms with E-state index in [2.05, 4.69) is 5.32 Å². The van der Waals surface area contributed by atoms with Crippen LogP contribution in [0, 0.1) is 22.7 Å². The third-order valence-electron chi connectivity index (χ3n) is 12.5. The Bertz CT molecular complexity index is 1700. The van der Waals surface area contributed by atoms with E-state index in [1.165, 1.54) is 26.0 Å². The summed E-state index contributed by atoms with van der Waals surface area (Å²) in [7, 11) is 0. The van der Waals surface area contributed by atoms with Gasteiger partial charge in [0.05, 0.1) is 36.3 Å². The zero-order chi connectivity index (χ0) is 41.9. The Kier molecular flexibility index (Phi) is 11.9. The molecule has 1 heterocycles. The van der Waals surface area contributed by atoms with Gasteiger partial charge in [0.2, 0.25) is 0 Å². The van der Waals surface area contributed by atoms with Crippen LogP contribution in [-0.4, -0.2) is 122 Å². The number of aliphatic hydroxyl groups excluding tert-OH is 4. The average Bonchev–Trinajstić information content (AvgIpc) is 3.08. The minimum Gasteiger partial charge on any atom is -0.456 e. The molecule has 0 radical (unpaired) electrons. The summed E-state index contributed by atoms with van der Waals surface area (Å²) in [6.07, 6.45) is -12.3. The van der Waals surface area contributed by atoms with Crippen LogP contribution in [0.25, 0.3) is 0 Å². The summed E-state index contributed by atoms with van der Waals surface area (Å²) in [5, 5.41) is 63.8. The van der Waals surface area contributed by atoms with Crippen molar-refractivity contribution < 1.29 is 68.4 Å². The van der Waals surface area contributed by atoms with E-state index in [0.717, 1.165) is 0 Å². The van der Waals surface area contributed by atoms with Crippen LogP contribution >= 0.6 is 0 Å².